The molecule has 0 aliphatic carbocycles. The van der Waals surface area contributed by atoms with Crippen molar-refractivity contribution in [2.24, 2.45) is 0 Å². The van der Waals surface area contributed by atoms with Gasteiger partial charge in [0.2, 0.25) is 10.0 Å². The van der Waals surface area contributed by atoms with Gasteiger partial charge in [0.15, 0.2) is 0 Å². The number of nitrogens with zero attached hydrogens (tertiary/aromatic N) is 1. The number of rotatable bonds is 6. The largest absolute Gasteiger partial charge is 0.346 e. The zero-order chi connectivity index (χ0) is 16.0. The summed E-state index contributed by atoms with van der Waals surface area (Å²) in [7, 11) is -3.50. The quantitative estimate of drug-likeness (QED) is 0.840. The fourth-order valence-electron chi connectivity index (χ4n) is 1.83. The SMILES string of the molecule is CCNS(=O)(=O)c1ccc(C(=O)NCc2ccccn2)cc1. The van der Waals surface area contributed by atoms with Gasteiger partial charge in [-0.15, -0.1) is 0 Å². The van der Waals surface area contributed by atoms with Crippen molar-refractivity contribution in [1.82, 2.24) is 15.0 Å². The first-order chi connectivity index (χ1) is 10.5. The Balaban J connectivity index is 2.02. The second-order valence-electron chi connectivity index (χ2n) is 4.53. The fourth-order valence-corrected chi connectivity index (χ4v) is 2.88. The summed E-state index contributed by atoms with van der Waals surface area (Å²) in [5.74, 6) is -0.280. The number of amides is 1. The standard InChI is InChI=1S/C15H17N3O3S/c1-2-18-22(20,21)14-8-6-12(7-9-14)15(19)17-11-13-5-3-4-10-16-13/h3-10,18H,2,11H2,1H3,(H,17,19). The molecule has 0 bridgehead atoms. The topological polar surface area (TPSA) is 88.2 Å². The predicted octanol–water partition coefficient (Wildman–Crippen LogP) is 1.31. The Bertz CT molecular complexity index is 728. The summed E-state index contributed by atoms with van der Waals surface area (Å²) in [4.78, 5) is 16.2. The molecule has 1 aromatic heterocycles. The molecule has 0 fully saturated rings. The average Bonchev–Trinajstić information content (AvgIpc) is 2.54. The van der Waals surface area contributed by atoms with E-state index in [2.05, 4.69) is 15.0 Å². The van der Waals surface area contributed by atoms with Crippen LogP contribution in [0.2, 0.25) is 0 Å². The number of benzene rings is 1. The Morgan fingerprint density at radius 1 is 1.14 bits per heavy atom. The number of hydrogen-bond acceptors (Lipinski definition) is 4. The molecule has 0 saturated heterocycles. The molecule has 0 aliphatic rings. The smallest absolute Gasteiger partial charge is 0.251 e. The summed E-state index contributed by atoms with van der Waals surface area (Å²) < 4.78 is 26.0. The molecular weight excluding hydrogens is 302 g/mol. The average molecular weight is 319 g/mol. The van der Waals surface area contributed by atoms with Crippen LogP contribution in [-0.2, 0) is 16.6 Å². The first kappa shape index (κ1) is 16.1. The lowest BCUT2D eigenvalue weighted by atomic mass is 10.2. The van der Waals surface area contributed by atoms with E-state index in [1.165, 1.54) is 24.3 Å². The molecular formula is C15H17N3O3S. The summed E-state index contributed by atoms with van der Waals surface area (Å²) >= 11 is 0. The van der Waals surface area contributed by atoms with Crippen LogP contribution in [0.15, 0.2) is 53.6 Å². The highest BCUT2D eigenvalue weighted by Gasteiger charge is 2.13. The molecule has 1 amide bonds. The van der Waals surface area contributed by atoms with Crippen molar-refractivity contribution in [3.63, 3.8) is 0 Å². The maximum Gasteiger partial charge on any atom is 0.251 e. The Hall–Kier alpha value is -2.25. The van der Waals surface area contributed by atoms with E-state index >= 15 is 0 Å². The Labute approximate surface area is 129 Å². The molecule has 0 unspecified atom stereocenters. The van der Waals surface area contributed by atoms with Crippen LogP contribution < -0.4 is 10.0 Å². The van der Waals surface area contributed by atoms with Crippen molar-refractivity contribution in [3.05, 3.63) is 59.9 Å². The van der Waals surface area contributed by atoms with Gasteiger partial charge in [0, 0.05) is 18.3 Å². The summed E-state index contributed by atoms with van der Waals surface area (Å²) in [5, 5.41) is 2.73. The monoisotopic (exact) mass is 319 g/mol. The van der Waals surface area contributed by atoms with Crippen LogP contribution in [0.4, 0.5) is 0 Å². The van der Waals surface area contributed by atoms with Gasteiger partial charge < -0.3 is 5.32 Å². The second kappa shape index (κ2) is 7.15. The number of hydrogen-bond donors (Lipinski definition) is 2. The predicted molar refractivity (Wildman–Crippen MR) is 82.7 cm³/mol. The molecule has 7 heteroatoms. The minimum atomic E-state index is -3.50. The highest BCUT2D eigenvalue weighted by molar-refractivity contribution is 7.89. The number of carbonyl (C=O) groups excluding carboxylic acids is 1. The third-order valence-electron chi connectivity index (χ3n) is 2.92. The van der Waals surface area contributed by atoms with Gasteiger partial charge >= 0.3 is 0 Å². The highest BCUT2D eigenvalue weighted by atomic mass is 32.2. The summed E-state index contributed by atoms with van der Waals surface area (Å²) in [6, 6.07) is 11.2. The minimum absolute atomic E-state index is 0.135. The molecule has 1 aromatic carbocycles. The molecule has 0 spiro atoms. The van der Waals surface area contributed by atoms with Crippen molar-refractivity contribution < 1.29 is 13.2 Å². The van der Waals surface area contributed by atoms with E-state index in [9.17, 15) is 13.2 Å². The number of carbonyl (C=O) groups is 1. The van der Waals surface area contributed by atoms with Crippen LogP contribution in [0.5, 0.6) is 0 Å². The van der Waals surface area contributed by atoms with E-state index < -0.39 is 10.0 Å². The van der Waals surface area contributed by atoms with Crippen molar-refractivity contribution >= 4 is 15.9 Å². The van der Waals surface area contributed by atoms with Crippen LogP contribution in [0.3, 0.4) is 0 Å². The highest BCUT2D eigenvalue weighted by Crippen LogP contribution is 2.10. The molecule has 6 nitrogen and oxygen atoms in total. The number of aromatic nitrogens is 1. The molecule has 0 atom stereocenters. The first-order valence-corrected chi connectivity index (χ1v) is 8.29. The number of nitrogens with one attached hydrogen (secondary N) is 2. The molecule has 0 radical (unpaired) electrons. The van der Waals surface area contributed by atoms with Gasteiger partial charge in [-0.05, 0) is 36.4 Å². The van der Waals surface area contributed by atoms with Crippen molar-refractivity contribution in [2.75, 3.05) is 6.54 Å². The lowest BCUT2D eigenvalue weighted by Crippen LogP contribution is -2.24. The molecule has 0 saturated carbocycles. The van der Waals surface area contributed by atoms with E-state index in [1.807, 2.05) is 12.1 Å². The first-order valence-electron chi connectivity index (χ1n) is 6.81. The summed E-state index contributed by atoms with van der Waals surface area (Å²) in [6.07, 6.45) is 1.65. The fraction of sp³-hybridized carbons (Fsp3) is 0.200. The number of sulfonamides is 1. The van der Waals surface area contributed by atoms with E-state index in [0.717, 1.165) is 5.69 Å². The minimum Gasteiger partial charge on any atom is -0.346 e. The van der Waals surface area contributed by atoms with Crippen LogP contribution in [0.1, 0.15) is 23.0 Å². The van der Waals surface area contributed by atoms with E-state index in [1.54, 1.807) is 19.2 Å². The van der Waals surface area contributed by atoms with E-state index in [-0.39, 0.29) is 10.8 Å². The van der Waals surface area contributed by atoms with Crippen molar-refractivity contribution in [1.29, 1.82) is 0 Å². The molecule has 0 aliphatic heterocycles. The Kier molecular flexibility index (Phi) is 5.24. The Morgan fingerprint density at radius 2 is 1.86 bits per heavy atom. The summed E-state index contributed by atoms with van der Waals surface area (Å²) in [5.41, 5.74) is 1.15. The van der Waals surface area contributed by atoms with Gasteiger partial charge in [0.25, 0.3) is 5.91 Å². The number of pyridine rings is 1. The summed E-state index contributed by atoms with van der Waals surface area (Å²) in [6.45, 7) is 2.34. The van der Waals surface area contributed by atoms with Gasteiger partial charge in [0.1, 0.15) is 0 Å². The molecule has 1 heterocycles. The van der Waals surface area contributed by atoms with Gasteiger partial charge in [0.05, 0.1) is 17.1 Å². The van der Waals surface area contributed by atoms with Crippen LogP contribution in [0, 0.1) is 0 Å². The van der Waals surface area contributed by atoms with Gasteiger partial charge in [-0.2, -0.15) is 0 Å². The lowest BCUT2D eigenvalue weighted by molar-refractivity contribution is 0.0950. The van der Waals surface area contributed by atoms with Gasteiger partial charge in [-0.25, -0.2) is 13.1 Å². The maximum absolute atomic E-state index is 12.0. The van der Waals surface area contributed by atoms with Gasteiger partial charge in [-0.3, -0.25) is 9.78 Å². The maximum atomic E-state index is 12.0. The normalized spacial score (nSPS) is 11.1. The molecule has 2 N–H and O–H groups in total. The van der Waals surface area contributed by atoms with E-state index in [4.69, 9.17) is 0 Å². The van der Waals surface area contributed by atoms with Crippen molar-refractivity contribution in [2.45, 2.75) is 18.4 Å². The van der Waals surface area contributed by atoms with Gasteiger partial charge in [-0.1, -0.05) is 13.0 Å². The molecule has 22 heavy (non-hydrogen) atoms. The molecule has 2 rings (SSSR count). The van der Waals surface area contributed by atoms with Crippen molar-refractivity contribution in [3.8, 4) is 0 Å². The third kappa shape index (κ3) is 4.12. The van der Waals surface area contributed by atoms with Crippen LogP contribution in [-0.4, -0.2) is 25.9 Å². The Morgan fingerprint density at radius 3 is 2.45 bits per heavy atom. The zero-order valence-corrected chi connectivity index (χ0v) is 12.9. The third-order valence-corrected chi connectivity index (χ3v) is 4.48. The molecule has 2 aromatic rings. The zero-order valence-electron chi connectivity index (χ0n) is 12.1. The van der Waals surface area contributed by atoms with Crippen LogP contribution in [0.25, 0.3) is 0 Å². The lowest BCUT2D eigenvalue weighted by Gasteiger charge is -2.07. The second-order valence-corrected chi connectivity index (χ2v) is 6.30. The van der Waals surface area contributed by atoms with E-state index in [0.29, 0.717) is 18.7 Å². The molecule has 116 valence electrons. The van der Waals surface area contributed by atoms with Crippen LogP contribution >= 0.6 is 0 Å².